The van der Waals surface area contributed by atoms with Gasteiger partial charge in [-0.25, -0.2) is 9.59 Å². The Morgan fingerprint density at radius 3 is 2.55 bits per heavy atom. The van der Waals surface area contributed by atoms with E-state index in [0.29, 0.717) is 11.5 Å². The topological polar surface area (TPSA) is 106 Å². The van der Waals surface area contributed by atoms with Crippen LogP contribution in [0, 0.1) is 0 Å². The molecule has 9 heteroatoms. The number of carbonyl (C=O) groups excluding carboxylic acids is 2. The summed E-state index contributed by atoms with van der Waals surface area (Å²) in [7, 11) is 1.60. The van der Waals surface area contributed by atoms with E-state index in [2.05, 4.69) is 15.5 Å². The van der Waals surface area contributed by atoms with E-state index in [1.807, 2.05) is 24.3 Å². The van der Waals surface area contributed by atoms with Gasteiger partial charge in [-0.05, 0) is 55.8 Å². The molecule has 0 bridgehead atoms. The van der Waals surface area contributed by atoms with E-state index in [4.69, 9.17) is 15.2 Å². The van der Waals surface area contributed by atoms with Crippen molar-refractivity contribution in [2.24, 2.45) is 5.73 Å². The first-order chi connectivity index (χ1) is 14.0. The van der Waals surface area contributed by atoms with E-state index in [0.717, 1.165) is 35.8 Å². The molecule has 3 amide bonds. The molecule has 4 N–H and O–H groups in total. The van der Waals surface area contributed by atoms with Crippen molar-refractivity contribution in [3.05, 3.63) is 30.3 Å². The minimum atomic E-state index is -0.719. The number of benzene rings is 1. The predicted molar refractivity (Wildman–Crippen MR) is 114 cm³/mol. The van der Waals surface area contributed by atoms with Crippen molar-refractivity contribution in [1.82, 2.24) is 10.2 Å². The number of piperidine rings is 1. The van der Waals surface area contributed by atoms with Crippen LogP contribution in [0.4, 0.5) is 14.6 Å². The van der Waals surface area contributed by atoms with Crippen LogP contribution in [0.2, 0.25) is 0 Å². The molecular formula is C20H26N4O4S. The number of ether oxygens (including phenoxy) is 2. The first kappa shape index (κ1) is 20.9. The minimum absolute atomic E-state index is 0.259. The SMILES string of the molecule is COc1ccc(-c2cc(OC(=O)NCCN3CCCCC3)c(NC(N)=O)s2)cc1. The number of urea groups is 1. The minimum Gasteiger partial charge on any atom is -0.497 e. The quantitative estimate of drug-likeness (QED) is 0.638. The molecule has 0 aliphatic carbocycles. The molecule has 3 rings (SSSR count). The number of primary amides is 1. The lowest BCUT2D eigenvalue weighted by atomic mass is 10.1. The number of rotatable bonds is 7. The van der Waals surface area contributed by atoms with E-state index < -0.39 is 12.1 Å². The molecule has 1 aromatic carbocycles. The number of nitrogens with zero attached hydrogens (tertiary/aromatic N) is 1. The summed E-state index contributed by atoms with van der Waals surface area (Å²) >= 11 is 1.28. The highest BCUT2D eigenvalue weighted by atomic mass is 32.1. The van der Waals surface area contributed by atoms with Gasteiger partial charge in [0.1, 0.15) is 10.8 Å². The van der Waals surface area contributed by atoms with Crippen LogP contribution in [0.15, 0.2) is 30.3 Å². The van der Waals surface area contributed by atoms with Gasteiger partial charge in [-0.15, -0.1) is 11.3 Å². The smallest absolute Gasteiger partial charge is 0.412 e. The molecule has 1 saturated heterocycles. The number of thiophene rings is 1. The van der Waals surface area contributed by atoms with Crippen LogP contribution in [0.1, 0.15) is 19.3 Å². The van der Waals surface area contributed by atoms with Gasteiger partial charge in [-0.3, -0.25) is 5.32 Å². The Morgan fingerprint density at radius 1 is 1.17 bits per heavy atom. The third-order valence-electron chi connectivity index (χ3n) is 4.66. The van der Waals surface area contributed by atoms with E-state index >= 15 is 0 Å². The number of nitrogens with two attached hydrogens (primary N) is 1. The number of hydrogen-bond donors (Lipinski definition) is 3. The predicted octanol–water partition coefficient (Wildman–Crippen LogP) is 3.49. The summed E-state index contributed by atoms with van der Waals surface area (Å²) in [6, 6.07) is 8.45. The lowest BCUT2D eigenvalue weighted by Crippen LogP contribution is -2.38. The van der Waals surface area contributed by atoms with E-state index in [1.165, 1.54) is 30.6 Å². The highest BCUT2D eigenvalue weighted by Crippen LogP contribution is 2.41. The van der Waals surface area contributed by atoms with Gasteiger partial charge < -0.3 is 25.4 Å². The Hall–Kier alpha value is -2.78. The Labute approximate surface area is 174 Å². The van der Waals surface area contributed by atoms with Crippen molar-refractivity contribution in [2.45, 2.75) is 19.3 Å². The summed E-state index contributed by atoms with van der Waals surface area (Å²) in [5, 5.41) is 5.67. The molecule has 1 aliphatic rings. The van der Waals surface area contributed by atoms with Crippen molar-refractivity contribution in [3.8, 4) is 21.9 Å². The lowest BCUT2D eigenvalue weighted by Gasteiger charge is -2.26. The number of carbonyl (C=O) groups is 2. The molecule has 29 heavy (non-hydrogen) atoms. The van der Waals surface area contributed by atoms with Gasteiger partial charge in [-0.1, -0.05) is 6.42 Å². The molecular weight excluding hydrogens is 392 g/mol. The Bertz CT molecular complexity index is 832. The van der Waals surface area contributed by atoms with Crippen LogP contribution in [-0.2, 0) is 0 Å². The molecule has 1 aliphatic heterocycles. The fraction of sp³-hybridized carbons (Fsp3) is 0.400. The summed E-state index contributed by atoms with van der Waals surface area (Å²) in [4.78, 5) is 26.7. The molecule has 8 nitrogen and oxygen atoms in total. The monoisotopic (exact) mass is 418 g/mol. The molecule has 2 heterocycles. The van der Waals surface area contributed by atoms with Crippen LogP contribution in [0.3, 0.4) is 0 Å². The van der Waals surface area contributed by atoms with Crippen molar-refractivity contribution in [2.75, 3.05) is 38.6 Å². The van der Waals surface area contributed by atoms with Gasteiger partial charge in [0.25, 0.3) is 0 Å². The zero-order valence-corrected chi connectivity index (χ0v) is 17.2. The van der Waals surface area contributed by atoms with Gasteiger partial charge in [-0.2, -0.15) is 0 Å². The van der Waals surface area contributed by atoms with E-state index in [1.54, 1.807) is 13.2 Å². The molecule has 1 fully saturated rings. The highest BCUT2D eigenvalue weighted by molar-refractivity contribution is 7.20. The summed E-state index contributed by atoms with van der Waals surface area (Å²) in [5.41, 5.74) is 6.16. The second-order valence-corrected chi connectivity index (χ2v) is 7.79. The van der Waals surface area contributed by atoms with Gasteiger partial charge in [0.15, 0.2) is 5.75 Å². The van der Waals surface area contributed by atoms with Gasteiger partial charge >= 0.3 is 12.1 Å². The highest BCUT2D eigenvalue weighted by Gasteiger charge is 2.17. The second kappa shape index (κ2) is 10.1. The van der Waals surface area contributed by atoms with Crippen molar-refractivity contribution < 1.29 is 19.1 Å². The molecule has 2 aromatic rings. The number of likely N-dealkylation sites (tertiary alicyclic amines) is 1. The summed E-state index contributed by atoms with van der Waals surface area (Å²) < 4.78 is 10.6. The fourth-order valence-corrected chi connectivity index (χ4v) is 4.17. The molecule has 0 unspecified atom stereocenters. The van der Waals surface area contributed by atoms with Gasteiger partial charge in [0.05, 0.1) is 7.11 Å². The van der Waals surface area contributed by atoms with E-state index in [9.17, 15) is 9.59 Å². The third kappa shape index (κ3) is 6.10. The second-order valence-electron chi connectivity index (χ2n) is 6.74. The normalized spacial score (nSPS) is 14.2. The molecule has 0 saturated carbocycles. The standard InChI is InChI=1S/C20H26N4O4S/c1-27-15-7-5-14(6-8-15)17-13-16(18(29-17)23-19(21)25)28-20(26)22-9-12-24-10-3-2-4-11-24/h5-8,13H,2-4,9-12H2,1H3,(H,22,26)(H3,21,23,25). The summed E-state index contributed by atoms with van der Waals surface area (Å²) in [6.07, 6.45) is 3.12. The first-order valence-corrected chi connectivity index (χ1v) is 10.4. The molecule has 156 valence electrons. The van der Waals surface area contributed by atoms with Gasteiger partial charge in [0, 0.05) is 24.0 Å². The van der Waals surface area contributed by atoms with Crippen molar-refractivity contribution >= 4 is 28.5 Å². The maximum absolute atomic E-state index is 12.2. The third-order valence-corrected chi connectivity index (χ3v) is 5.74. The van der Waals surface area contributed by atoms with Crippen molar-refractivity contribution in [3.63, 3.8) is 0 Å². The zero-order valence-electron chi connectivity index (χ0n) is 16.4. The number of amides is 3. The van der Waals surface area contributed by atoms with Crippen molar-refractivity contribution in [1.29, 1.82) is 0 Å². The number of methoxy groups -OCH3 is 1. The number of hydrogen-bond acceptors (Lipinski definition) is 6. The largest absolute Gasteiger partial charge is 0.497 e. The Balaban J connectivity index is 1.63. The van der Waals surface area contributed by atoms with Crippen LogP contribution in [0.5, 0.6) is 11.5 Å². The van der Waals surface area contributed by atoms with Crippen LogP contribution < -0.4 is 25.8 Å². The maximum Gasteiger partial charge on any atom is 0.412 e. The molecule has 1 aromatic heterocycles. The Kier molecular flexibility index (Phi) is 7.31. The first-order valence-electron chi connectivity index (χ1n) is 9.58. The summed E-state index contributed by atoms with van der Waals surface area (Å²) in [6.45, 7) is 3.44. The van der Waals surface area contributed by atoms with Gasteiger partial charge in [0.2, 0.25) is 0 Å². The van der Waals surface area contributed by atoms with E-state index in [-0.39, 0.29) is 5.75 Å². The summed E-state index contributed by atoms with van der Waals surface area (Å²) in [5.74, 6) is 1.00. The molecule has 0 spiro atoms. The fourth-order valence-electron chi connectivity index (χ4n) is 3.18. The number of anilines is 1. The average Bonchev–Trinajstić information content (AvgIpc) is 3.10. The zero-order chi connectivity index (χ0) is 20.6. The number of nitrogens with one attached hydrogen (secondary N) is 2. The molecule has 0 radical (unpaired) electrons. The molecule has 0 atom stereocenters. The van der Waals surface area contributed by atoms with Crippen LogP contribution in [-0.4, -0.2) is 50.3 Å². The average molecular weight is 419 g/mol. The van der Waals surface area contributed by atoms with Crippen LogP contribution in [0.25, 0.3) is 10.4 Å². The van der Waals surface area contributed by atoms with Crippen LogP contribution >= 0.6 is 11.3 Å². The maximum atomic E-state index is 12.2. The Morgan fingerprint density at radius 2 is 1.90 bits per heavy atom. The lowest BCUT2D eigenvalue weighted by molar-refractivity contribution is 0.193.